The number of nitrogens with one attached hydrogen (secondary N) is 2. The van der Waals surface area contributed by atoms with Crippen molar-refractivity contribution in [3.05, 3.63) is 16.3 Å². The van der Waals surface area contributed by atoms with Crippen molar-refractivity contribution in [2.45, 2.75) is 43.2 Å². The molecule has 3 atom stereocenters. The fourth-order valence-corrected chi connectivity index (χ4v) is 6.28. The molecule has 0 spiro atoms. The van der Waals surface area contributed by atoms with Gasteiger partial charge in [0.15, 0.2) is 0 Å². The highest BCUT2D eigenvalue weighted by Gasteiger charge is 2.41. The molecule has 1 aromatic heterocycles. The van der Waals surface area contributed by atoms with Crippen molar-refractivity contribution in [1.29, 1.82) is 0 Å². The average molecular weight is 300 g/mol. The first-order chi connectivity index (χ1) is 9.10. The Morgan fingerprint density at radius 1 is 1.37 bits per heavy atom. The van der Waals surface area contributed by atoms with Gasteiger partial charge < -0.3 is 5.32 Å². The minimum Gasteiger partial charge on any atom is -0.315 e. The van der Waals surface area contributed by atoms with Crippen LogP contribution in [0, 0.1) is 11.8 Å². The maximum atomic E-state index is 12.5. The molecule has 2 bridgehead atoms. The van der Waals surface area contributed by atoms with Gasteiger partial charge in [-0.2, -0.15) is 0 Å². The molecule has 1 heterocycles. The van der Waals surface area contributed by atoms with Gasteiger partial charge in [0.1, 0.15) is 0 Å². The van der Waals surface area contributed by atoms with Crippen LogP contribution in [-0.2, 0) is 16.6 Å². The van der Waals surface area contributed by atoms with Gasteiger partial charge in [0.05, 0.1) is 4.90 Å². The van der Waals surface area contributed by atoms with Gasteiger partial charge in [0.2, 0.25) is 10.0 Å². The number of fused-ring (bicyclic) bond motifs is 2. The Labute approximate surface area is 118 Å². The zero-order valence-corrected chi connectivity index (χ0v) is 12.7. The molecule has 2 aliphatic rings. The van der Waals surface area contributed by atoms with Crippen LogP contribution in [0.3, 0.4) is 0 Å². The van der Waals surface area contributed by atoms with Gasteiger partial charge in [-0.15, -0.1) is 11.3 Å². The van der Waals surface area contributed by atoms with E-state index < -0.39 is 10.0 Å². The topological polar surface area (TPSA) is 58.2 Å². The first-order valence-electron chi connectivity index (χ1n) is 6.83. The van der Waals surface area contributed by atoms with Crippen molar-refractivity contribution in [2.24, 2.45) is 11.8 Å². The molecule has 0 aliphatic heterocycles. The summed E-state index contributed by atoms with van der Waals surface area (Å²) in [5.74, 6) is 1.31. The highest BCUT2D eigenvalue weighted by Crippen LogP contribution is 2.44. The lowest BCUT2D eigenvalue weighted by atomic mass is 9.96. The number of hydrogen-bond acceptors (Lipinski definition) is 4. The molecule has 3 unspecified atom stereocenters. The molecule has 0 amide bonds. The standard InChI is InChI=1S/C13H20N2O2S2/c1-14-8-12-13(4-5-18-12)19(16,17)15-11-7-9-2-3-10(11)6-9/h4-5,9-11,14-15H,2-3,6-8H2,1H3. The Kier molecular flexibility index (Phi) is 3.68. The minimum absolute atomic E-state index is 0.158. The highest BCUT2D eigenvalue weighted by molar-refractivity contribution is 7.89. The first-order valence-corrected chi connectivity index (χ1v) is 9.19. The van der Waals surface area contributed by atoms with E-state index in [1.165, 1.54) is 30.6 Å². The highest BCUT2D eigenvalue weighted by atomic mass is 32.2. The zero-order chi connectivity index (χ0) is 13.5. The van der Waals surface area contributed by atoms with Crippen LogP contribution < -0.4 is 10.0 Å². The maximum absolute atomic E-state index is 12.5. The minimum atomic E-state index is -3.36. The Balaban J connectivity index is 1.77. The van der Waals surface area contributed by atoms with Crippen molar-refractivity contribution in [1.82, 2.24) is 10.0 Å². The molecule has 0 saturated heterocycles. The van der Waals surface area contributed by atoms with E-state index in [0.717, 1.165) is 17.2 Å². The van der Waals surface area contributed by atoms with E-state index in [1.807, 2.05) is 12.4 Å². The van der Waals surface area contributed by atoms with Gasteiger partial charge in [0, 0.05) is 17.5 Å². The van der Waals surface area contributed by atoms with Gasteiger partial charge in [0.25, 0.3) is 0 Å². The largest absolute Gasteiger partial charge is 0.315 e. The van der Waals surface area contributed by atoms with Gasteiger partial charge in [-0.1, -0.05) is 6.42 Å². The van der Waals surface area contributed by atoms with Crippen molar-refractivity contribution in [3.63, 3.8) is 0 Å². The Bertz CT molecular complexity index is 553. The third kappa shape index (κ3) is 2.59. The third-order valence-electron chi connectivity index (χ3n) is 4.38. The first kappa shape index (κ1) is 13.5. The van der Waals surface area contributed by atoms with Crippen LogP contribution in [-0.4, -0.2) is 21.5 Å². The van der Waals surface area contributed by atoms with E-state index in [-0.39, 0.29) is 6.04 Å². The molecule has 3 rings (SSSR count). The second-order valence-corrected chi connectivity index (χ2v) is 8.32. The van der Waals surface area contributed by atoms with E-state index in [2.05, 4.69) is 10.0 Å². The summed E-state index contributed by atoms with van der Waals surface area (Å²) in [6.07, 6.45) is 4.70. The van der Waals surface area contributed by atoms with Crippen LogP contribution in [0.1, 0.15) is 30.6 Å². The fourth-order valence-electron chi connectivity index (χ4n) is 3.51. The quantitative estimate of drug-likeness (QED) is 0.873. The predicted molar refractivity (Wildman–Crippen MR) is 76.6 cm³/mol. The summed E-state index contributed by atoms with van der Waals surface area (Å²) in [5.41, 5.74) is 0. The molecule has 2 saturated carbocycles. The number of hydrogen-bond donors (Lipinski definition) is 2. The molecule has 1 aromatic rings. The molecule has 2 aliphatic carbocycles. The molecule has 4 nitrogen and oxygen atoms in total. The summed E-state index contributed by atoms with van der Waals surface area (Å²) >= 11 is 1.49. The van der Waals surface area contributed by atoms with Crippen LogP contribution in [0.15, 0.2) is 16.3 Å². The second-order valence-electron chi connectivity index (χ2n) is 5.64. The monoisotopic (exact) mass is 300 g/mol. The molecule has 2 N–H and O–H groups in total. The van der Waals surface area contributed by atoms with E-state index in [9.17, 15) is 8.42 Å². The SMILES string of the molecule is CNCc1sccc1S(=O)(=O)NC1CC2CCC1C2. The van der Waals surface area contributed by atoms with E-state index in [0.29, 0.717) is 17.4 Å². The lowest BCUT2D eigenvalue weighted by Crippen LogP contribution is -2.38. The molecule has 106 valence electrons. The lowest BCUT2D eigenvalue weighted by Gasteiger charge is -2.22. The van der Waals surface area contributed by atoms with E-state index in [1.54, 1.807) is 6.07 Å². The van der Waals surface area contributed by atoms with Crippen LogP contribution in [0.25, 0.3) is 0 Å². The van der Waals surface area contributed by atoms with Gasteiger partial charge in [-0.25, -0.2) is 13.1 Å². The predicted octanol–water partition coefficient (Wildman–Crippen LogP) is 1.93. The second kappa shape index (κ2) is 5.16. The maximum Gasteiger partial charge on any atom is 0.241 e. The fraction of sp³-hybridized carbons (Fsp3) is 0.692. The summed E-state index contributed by atoms with van der Waals surface area (Å²) in [6, 6.07) is 1.87. The Hall–Kier alpha value is -0.430. The molecular formula is C13H20N2O2S2. The van der Waals surface area contributed by atoms with Crippen LogP contribution >= 0.6 is 11.3 Å². The zero-order valence-electron chi connectivity index (χ0n) is 11.1. The van der Waals surface area contributed by atoms with Crippen molar-refractivity contribution in [3.8, 4) is 0 Å². The normalized spacial score (nSPS) is 30.1. The smallest absolute Gasteiger partial charge is 0.241 e. The van der Waals surface area contributed by atoms with Crippen LogP contribution in [0.4, 0.5) is 0 Å². The van der Waals surface area contributed by atoms with Crippen molar-refractivity contribution < 1.29 is 8.42 Å². The molecule has 6 heteroatoms. The van der Waals surface area contributed by atoms with Gasteiger partial charge in [-0.3, -0.25) is 0 Å². The van der Waals surface area contributed by atoms with Crippen molar-refractivity contribution in [2.75, 3.05) is 7.05 Å². The van der Waals surface area contributed by atoms with Crippen molar-refractivity contribution >= 4 is 21.4 Å². The Morgan fingerprint density at radius 3 is 2.84 bits per heavy atom. The third-order valence-corrected chi connectivity index (χ3v) is 7.00. The molecule has 0 radical (unpaired) electrons. The summed E-state index contributed by atoms with van der Waals surface area (Å²) in [6.45, 7) is 0.602. The molecule has 0 aromatic carbocycles. The summed E-state index contributed by atoms with van der Waals surface area (Å²) in [4.78, 5) is 1.34. The molecular weight excluding hydrogens is 280 g/mol. The van der Waals surface area contributed by atoms with E-state index in [4.69, 9.17) is 0 Å². The number of sulfonamides is 1. The molecule has 2 fully saturated rings. The average Bonchev–Trinajstić information content (AvgIpc) is 3.03. The summed E-state index contributed by atoms with van der Waals surface area (Å²) in [7, 11) is -1.52. The molecule has 19 heavy (non-hydrogen) atoms. The number of rotatable bonds is 5. The van der Waals surface area contributed by atoms with Gasteiger partial charge >= 0.3 is 0 Å². The summed E-state index contributed by atoms with van der Waals surface area (Å²) in [5, 5.41) is 4.87. The van der Waals surface area contributed by atoms with Crippen LogP contribution in [0.2, 0.25) is 0 Å². The summed E-state index contributed by atoms with van der Waals surface area (Å²) < 4.78 is 27.9. The van der Waals surface area contributed by atoms with Crippen LogP contribution in [0.5, 0.6) is 0 Å². The number of thiophene rings is 1. The lowest BCUT2D eigenvalue weighted by molar-refractivity contribution is 0.390. The van der Waals surface area contributed by atoms with E-state index >= 15 is 0 Å². The Morgan fingerprint density at radius 2 is 2.21 bits per heavy atom. The van der Waals surface area contributed by atoms with Gasteiger partial charge in [-0.05, 0) is 49.6 Å².